The number of fused-ring (bicyclic) bond motifs is 1. The van der Waals surface area contributed by atoms with Crippen LogP contribution in [0.25, 0.3) is 11.2 Å². The van der Waals surface area contributed by atoms with Gasteiger partial charge < -0.3 is 117 Å². The van der Waals surface area contributed by atoms with Crippen LogP contribution in [0.3, 0.4) is 0 Å². The number of phosphoric ester groups is 4. The molecule has 32 atom stereocenters. The smallest absolute Gasteiger partial charge is 0.394 e. The minimum absolute atomic E-state index is 0.0521. The van der Waals surface area contributed by atoms with E-state index < -0.39 is 306 Å². The molecule has 0 saturated carbocycles. The Morgan fingerprint density at radius 3 is 1.13 bits per heavy atom. The minimum Gasteiger partial charge on any atom is -0.394 e. The van der Waals surface area contributed by atoms with Gasteiger partial charge in [0.15, 0.2) is 48.5 Å². The van der Waals surface area contributed by atoms with Crippen LogP contribution in [0.1, 0.15) is 57.1 Å². The van der Waals surface area contributed by atoms with Crippen molar-refractivity contribution in [2.45, 2.75) is 179 Å². The van der Waals surface area contributed by atoms with E-state index in [9.17, 15) is 106 Å². The van der Waals surface area contributed by atoms with Gasteiger partial charge in [-0.25, -0.2) is 47.2 Å². The van der Waals surface area contributed by atoms with Crippen LogP contribution in [-0.4, -0.2) is 311 Å². The van der Waals surface area contributed by atoms with Crippen LogP contribution in [0.15, 0.2) is 116 Å². The zero-order chi connectivity index (χ0) is 98.3. The number of methoxy groups -OCH3 is 5. The number of aliphatic hydroxyl groups is 2. The topological polar surface area (TPSA) is 822 Å². The predicted molar refractivity (Wildman–Crippen MR) is 452 cm³/mol. The highest BCUT2D eigenvalue weighted by atomic mass is 32.5. The van der Waals surface area contributed by atoms with Crippen LogP contribution in [0, 0.1) is 0 Å². The van der Waals surface area contributed by atoms with Gasteiger partial charge in [0.25, 0.3) is 27.8 Å². The molecule has 14 heterocycles. The Morgan fingerprint density at radius 2 is 0.757 bits per heavy atom. The lowest BCUT2D eigenvalue weighted by Gasteiger charge is -2.30. The predicted octanol–water partition coefficient (Wildman–Crippen LogP) is -5.63. The number of phosphoric acid groups is 4. The quantitative estimate of drug-likeness (QED) is 0.0159. The molecule has 0 amide bonds. The average Bonchev–Trinajstić information content (AvgIpc) is 1.59. The summed E-state index contributed by atoms with van der Waals surface area (Å²) in [7, 11) is -18.0. The number of imidazole rings is 1. The monoisotopic (exact) mass is 2090 g/mol. The molecule has 0 radical (unpaired) electrons. The summed E-state index contributed by atoms with van der Waals surface area (Å²) in [5.41, 5.74) is 1.10. The highest BCUT2D eigenvalue weighted by molar-refractivity contribution is 8.07. The van der Waals surface area contributed by atoms with Gasteiger partial charge in [-0.05, 0) is 36.1 Å². The van der Waals surface area contributed by atoms with Crippen LogP contribution < -0.4 is 67.7 Å². The van der Waals surface area contributed by atoms with E-state index in [-0.39, 0.29) is 36.4 Å². The van der Waals surface area contributed by atoms with Crippen LogP contribution in [0.2, 0.25) is 0 Å². The fraction of sp³-hybridized carbons (Fsp3) is 0.621. The molecule has 14 rings (SSSR count). The molecule has 7 aromatic rings. The first-order valence-electron chi connectivity index (χ1n) is 40.1. The maximum Gasteiger partial charge on any atom is 0.472 e. The molecule has 12 unspecified atom stereocenters. The van der Waals surface area contributed by atoms with E-state index in [4.69, 9.17) is 146 Å². The van der Waals surface area contributed by atoms with E-state index >= 15 is 0 Å². The third-order valence-corrected chi connectivity index (χ3v) is 29.1. The third kappa shape index (κ3) is 23.4. The molecule has 136 heavy (non-hydrogen) atoms. The second-order valence-electron chi connectivity index (χ2n) is 30.4. The second kappa shape index (κ2) is 42.7. The summed E-state index contributed by atoms with van der Waals surface area (Å²) >= 11 is 10.9. The van der Waals surface area contributed by atoms with Crippen LogP contribution in [-0.2, 0) is 153 Å². The molecule has 0 aromatic carbocycles. The van der Waals surface area contributed by atoms with Crippen molar-refractivity contribution in [3.63, 3.8) is 0 Å². The highest BCUT2D eigenvalue weighted by Crippen LogP contribution is 2.59. The fourth-order valence-electron chi connectivity index (χ4n) is 15.9. The number of hydrogen-bond acceptors (Lipinski definition) is 47. The Morgan fingerprint density at radius 1 is 0.419 bits per heavy atom. The van der Waals surface area contributed by atoms with Crippen molar-refractivity contribution in [1.82, 2.24) is 67.3 Å². The van der Waals surface area contributed by atoms with Crippen LogP contribution >= 0.6 is 44.7 Å². The lowest BCUT2D eigenvalue weighted by molar-refractivity contribution is -0.0680. The highest BCUT2D eigenvalue weighted by Gasteiger charge is 2.59. The third-order valence-electron chi connectivity index (χ3n) is 22.0. The zero-order valence-electron chi connectivity index (χ0n) is 71.0. The number of aliphatic hydroxyl groups excluding tert-OH is 2. The fourth-order valence-corrected chi connectivity index (χ4v) is 23.0. The van der Waals surface area contributed by atoms with Gasteiger partial charge in [0.05, 0.1) is 58.2 Å². The van der Waals surface area contributed by atoms with Gasteiger partial charge in [0.1, 0.15) is 116 Å². The molecule has 0 spiro atoms. The Balaban J connectivity index is 0.700. The number of nitrogens with zero attached hydrogens (tertiary/aromatic N) is 9. The number of ether oxygens (including phenoxy) is 12. The van der Waals surface area contributed by atoms with Gasteiger partial charge in [-0.1, -0.05) is 6.92 Å². The minimum atomic E-state index is -6.01. The number of nitrogens with one attached hydrogen (secondary N) is 5. The van der Waals surface area contributed by atoms with Gasteiger partial charge in [0.2, 0.25) is 5.95 Å². The van der Waals surface area contributed by atoms with Gasteiger partial charge >= 0.3 is 73.2 Å². The largest absolute Gasteiger partial charge is 0.472 e. The summed E-state index contributed by atoms with van der Waals surface area (Å²) in [5.74, 6) is -0.813. The molecular weight excluding hydrogens is 2000 g/mol. The van der Waals surface area contributed by atoms with Crippen molar-refractivity contribution < 1.29 is 169 Å². The number of nitrogen functional groups attached to an aromatic ring is 2. The number of nitrogens with two attached hydrogens (primary N) is 2. The molecule has 70 heteroatoms. The number of hydrogen-bond donors (Lipinski definition) is 15. The lowest BCUT2D eigenvalue weighted by atomic mass is 10.1. The van der Waals surface area contributed by atoms with Crippen LogP contribution in [0.5, 0.6) is 0 Å². The summed E-state index contributed by atoms with van der Waals surface area (Å²) in [6, 6.07) is 4.69. The van der Waals surface area contributed by atoms with Gasteiger partial charge in [-0.3, -0.25) is 122 Å². The van der Waals surface area contributed by atoms with Gasteiger partial charge in [0, 0.05) is 104 Å². The number of H-pyrrole nitrogens is 5. The summed E-state index contributed by atoms with van der Waals surface area (Å²) in [6.45, 7) is -14.5. The first-order valence-corrected chi connectivity index (χ1v) is 51.2. The molecule has 7 aliphatic heterocycles. The molecule has 0 aliphatic carbocycles. The number of rotatable bonds is 42. The summed E-state index contributed by atoms with van der Waals surface area (Å²) < 4.78 is 202. The first kappa shape index (κ1) is 104. The Hall–Kier alpha value is -7.51. The van der Waals surface area contributed by atoms with E-state index in [2.05, 4.69) is 29.9 Å². The summed E-state index contributed by atoms with van der Waals surface area (Å²) in [4.78, 5) is 221. The van der Waals surface area contributed by atoms with Crippen LogP contribution in [0.4, 0.5) is 11.8 Å². The molecule has 7 aliphatic rings. The Labute approximate surface area is 768 Å². The van der Waals surface area contributed by atoms with E-state index in [0.29, 0.717) is 9.13 Å². The molecule has 7 fully saturated rings. The second-order valence-corrected chi connectivity index (χ2v) is 41.6. The molecule has 62 nitrogen and oxygen atoms in total. The molecule has 0 bridgehead atoms. The Kier molecular flexibility index (Phi) is 32.8. The van der Waals surface area contributed by atoms with E-state index in [1.807, 2.05) is 9.97 Å². The van der Waals surface area contributed by atoms with Crippen molar-refractivity contribution in [2.75, 3.05) is 93.3 Å². The number of aromatic amines is 5. The zero-order valence-corrected chi connectivity index (χ0v) is 78.0. The summed E-state index contributed by atoms with van der Waals surface area (Å²) in [6.07, 6.45) is -39.3. The standard InChI is InChI=1S/C66H90N16O46P6S2/c1-7-27-43(48(105-2)56(116-27)78-15-9-36(84)71-63(78)91)124-130(97,98)113-23-32-45(50(107-4)60(121-32)82-26-69-40-53(82)75-61(68)76-54(40)89)126-131(99,100)111-21-30-42(41(88)55(117-30)77-14-8-35(67)70-62(77)90)123-129(95,96)112-22-31-44(49(106-3)57(118-31)79-16-10-37(85)72-64(79)92)125-132(101,102)114-24-33-46(51(108-5)58(119-33)80-17-11-38(86)73-65(80)93)127-133(103,135)115-25-34-47(128-134(104,136)122-28-13-19-110-29(28)20-83)52(109-6)59(120-34)81-18-12-39(87)74-66(81)94/h8-12,14-18,26-34,41-52,55-60,83,88H,7,13,19-25H2,1-6H3,(H,95,96)(H,97,98)(H,99,100)(H,101,102)(H,103,135)(H,104,136)(H2,67,70,90)(H,71,84,91)(H,72,85,92)(H,73,86,93)(H,74,87,94)(H3,68,75,76,89)/t27-,28+,29+,30-,31-,32-,33-,34-,41+,42?,43?,44?,45?,46?,47?,48+,49+,50+,51+,52+,55-,56-,57-,58-,59-,60-,133?,134?/m1/s1. The summed E-state index contributed by atoms with van der Waals surface area (Å²) in [5, 5.41) is 22.0. The van der Waals surface area contributed by atoms with Crippen molar-refractivity contribution in [2.24, 2.45) is 0 Å². The van der Waals surface area contributed by atoms with Crippen molar-refractivity contribution >= 4 is 91.3 Å². The maximum absolute atomic E-state index is 14.8. The Bertz CT molecular complexity index is 6440. The first-order chi connectivity index (χ1) is 64.3. The van der Waals surface area contributed by atoms with Crippen molar-refractivity contribution in [1.29, 1.82) is 0 Å². The molecule has 17 N–H and O–H groups in total. The van der Waals surface area contributed by atoms with Crippen molar-refractivity contribution in [3.8, 4) is 0 Å². The van der Waals surface area contributed by atoms with Gasteiger partial charge in [-0.15, -0.1) is 0 Å². The van der Waals surface area contributed by atoms with Crippen molar-refractivity contribution in [3.05, 3.63) is 172 Å². The van der Waals surface area contributed by atoms with E-state index in [1.165, 1.54) is 0 Å². The number of anilines is 2. The number of aromatic nitrogens is 14. The van der Waals surface area contributed by atoms with Gasteiger partial charge in [-0.2, -0.15) is 9.97 Å². The SMILES string of the molecule is CC[C@H]1O[C@@H](n2ccc(=O)[nH]c2=O)[C@@H](OC)C1OP(=O)(O)OC[C@H]1O[C@@H](n2cnc3c(=O)[nH]c(N)nc32)[C@@H](OC)C1OP(=O)(O)OC[C@H]1O[C@@H](n2ccc(N)nc2=O)[C@@H](O)C1OP(=O)(O)OC[C@H]1O[C@@H](n2ccc(=O)[nH]c2=O)[C@@H](OC)C1OP(=O)(O)OC[C@H]1O[C@@H](n2ccc(=O)[nH]c2=O)[C@@H](OC)C1OP(O)(=S)OC[C@H]1O[C@@H](n2ccc(=O)[nH]c2=O)[C@@H](OC)C1OP(O)(=S)O[C@H]1CCO[C@H]1CO. The molecule has 752 valence electrons. The average molecular weight is 2090 g/mol. The maximum atomic E-state index is 14.8. The van der Waals surface area contributed by atoms with E-state index in [0.717, 1.165) is 121 Å². The molecular formula is C66H90N16O46P6S2. The van der Waals surface area contributed by atoms with E-state index in [1.54, 1.807) is 6.92 Å². The molecule has 7 aromatic heterocycles. The lowest BCUT2D eigenvalue weighted by Crippen LogP contribution is -2.41. The molecule has 7 saturated heterocycles. The normalized spacial score (nSPS) is 32.9.